The van der Waals surface area contributed by atoms with Gasteiger partial charge in [-0.2, -0.15) is 5.10 Å². The van der Waals surface area contributed by atoms with Crippen molar-refractivity contribution in [2.75, 3.05) is 5.32 Å². The van der Waals surface area contributed by atoms with E-state index in [1.165, 1.54) is 0 Å². The lowest BCUT2D eigenvalue weighted by atomic mass is 10.1. The van der Waals surface area contributed by atoms with Gasteiger partial charge in [-0.1, -0.05) is 19.9 Å². The highest BCUT2D eigenvalue weighted by molar-refractivity contribution is 5.35. The summed E-state index contributed by atoms with van der Waals surface area (Å²) >= 11 is 0. The average Bonchev–Trinajstić information content (AvgIpc) is 2.72. The van der Waals surface area contributed by atoms with Crippen molar-refractivity contribution >= 4 is 5.82 Å². The Morgan fingerprint density at radius 1 is 1.56 bits per heavy atom. The fourth-order valence-corrected chi connectivity index (χ4v) is 1.75. The number of hydrogen-bond donors (Lipinski definition) is 1. The number of allylic oxidation sites excluding steroid dienone is 1. The minimum atomic E-state index is 0.519. The van der Waals surface area contributed by atoms with E-state index >= 15 is 0 Å². The standard InChI is InChI=1S/C13H23N3/c1-4-7-8-12(6-3)15-13-9-10-14-16(13)11-5-2/h4,9-10,12,15H,1,5-8,11H2,2-3H3. The molecule has 90 valence electrons. The second kappa shape index (κ2) is 7.09. The molecule has 0 spiro atoms. The Balaban J connectivity index is 2.54. The number of anilines is 1. The van der Waals surface area contributed by atoms with Crippen LogP contribution in [0.15, 0.2) is 24.9 Å². The smallest absolute Gasteiger partial charge is 0.124 e. The summed E-state index contributed by atoms with van der Waals surface area (Å²) in [5.41, 5.74) is 0. The summed E-state index contributed by atoms with van der Waals surface area (Å²) in [6, 6.07) is 2.57. The van der Waals surface area contributed by atoms with Crippen LogP contribution in [0, 0.1) is 0 Å². The molecule has 1 aromatic rings. The van der Waals surface area contributed by atoms with Crippen molar-refractivity contribution in [2.24, 2.45) is 0 Å². The van der Waals surface area contributed by atoms with Gasteiger partial charge >= 0.3 is 0 Å². The predicted molar refractivity (Wildman–Crippen MR) is 69.7 cm³/mol. The summed E-state index contributed by atoms with van der Waals surface area (Å²) in [5, 5.41) is 7.86. The summed E-state index contributed by atoms with van der Waals surface area (Å²) in [6.45, 7) is 9.12. The van der Waals surface area contributed by atoms with Gasteiger partial charge in [0.15, 0.2) is 0 Å². The quantitative estimate of drug-likeness (QED) is 0.681. The molecule has 0 saturated carbocycles. The second-order valence-corrected chi connectivity index (χ2v) is 4.06. The zero-order valence-electron chi connectivity index (χ0n) is 10.4. The van der Waals surface area contributed by atoms with Gasteiger partial charge in [-0.25, -0.2) is 4.68 Å². The zero-order chi connectivity index (χ0) is 11.8. The molecule has 16 heavy (non-hydrogen) atoms. The maximum absolute atomic E-state index is 4.31. The third-order valence-electron chi connectivity index (χ3n) is 2.72. The average molecular weight is 221 g/mol. The fraction of sp³-hybridized carbons (Fsp3) is 0.615. The van der Waals surface area contributed by atoms with Crippen molar-refractivity contribution in [1.82, 2.24) is 9.78 Å². The van der Waals surface area contributed by atoms with Gasteiger partial charge in [-0.05, 0) is 25.7 Å². The maximum atomic E-state index is 4.31. The number of aromatic nitrogens is 2. The Kier molecular flexibility index (Phi) is 5.68. The summed E-state index contributed by atoms with van der Waals surface area (Å²) < 4.78 is 2.04. The molecule has 0 aromatic carbocycles. The van der Waals surface area contributed by atoms with Crippen molar-refractivity contribution in [2.45, 2.75) is 52.1 Å². The first kappa shape index (κ1) is 12.8. The number of aryl methyl sites for hydroxylation is 1. The van der Waals surface area contributed by atoms with E-state index in [2.05, 4.69) is 30.8 Å². The largest absolute Gasteiger partial charge is 0.368 e. The van der Waals surface area contributed by atoms with Gasteiger partial charge in [-0.15, -0.1) is 6.58 Å². The van der Waals surface area contributed by atoms with E-state index in [-0.39, 0.29) is 0 Å². The number of hydrogen-bond acceptors (Lipinski definition) is 2. The molecule has 3 nitrogen and oxygen atoms in total. The van der Waals surface area contributed by atoms with Crippen LogP contribution in [0.2, 0.25) is 0 Å². The van der Waals surface area contributed by atoms with Crippen molar-refractivity contribution in [3.63, 3.8) is 0 Å². The van der Waals surface area contributed by atoms with E-state index in [0.29, 0.717) is 6.04 Å². The Morgan fingerprint density at radius 3 is 3.00 bits per heavy atom. The van der Waals surface area contributed by atoms with Crippen molar-refractivity contribution in [3.8, 4) is 0 Å². The lowest BCUT2D eigenvalue weighted by molar-refractivity contribution is 0.585. The summed E-state index contributed by atoms with van der Waals surface area (Å²) in [7, 11) is 0. The molecule has 1 unspecified atom stereocenters. The molecule has 1 atom stereocenters. The Morgan fingerprint density at radius 2 is 2.38 bits per heavy atom. The molecule has 1 N–H and O–H groups in total. The summed E-state index contributed by atoms with van der Waals surface area (Å²) in [6.07, 6.45) is 8.28. The van der Waals surface area contributed by atoms with E-state index in [0.717, 1.165) is 38.0 Å². The van der Waals surface area contributed by atoms with Crippen LogP contribution in [0.4, 0.5) is 5.82 Å². The van der Waals surface area contributed by atoms with Gasteiger partial charge in [0, 0.05) is 18.7 Å². The lowest BCUT2D eigenvalue weighted by Gasteiger charge is -2.18. The number of nitrogens with one attached hydrogen (secondary N) is 1. The highest BCUT2D eigenvalue weighted by Crippen LogP contribution is 2.13. The molecule has 3 heteroatoms. The topological polar surface area (TPSA) is 29.9 Å². The van der Waals surface area contributed by atoms with E-state index < -0.39 is 0 Å². The Labute approximate surface area is 98.5 Å². The first-order chi connectivity index (χ1) is 7.81. The SMILES string of the molecule is C=CCCC(CC)Nc1ccnn1CCC. The van der Waals surface area contributed by atoms with Crippen LogP contribution in [-0.2, 0) is 6.54 Å². The molecule has 1 rings (SSSR count). The molecule has 1 aromatic heterocycles. The molecule has 0 fully saturated rings. The van der Waals surface area contributed by atoms with Gasteiger partial charge in [0.25, 0.3) is 0 Å². The second-order valence-electron chi connectivity index (χ2n) is 4.06. The maximum Gasteiger partial charge on any atom is 0.124 e. The lowest BCUT2D eigenvalue weighted by Crippen LogP contribution is -2.20. The van der Waals surface area contributed by atoms with Crippen LogP contribution in [0.1, 0.15) is 39.5 Å². The summed E-state index contributed by atoms with van der Waals surface area (Å²) in [4.78, 5) is 0. The van der Waals surface area contributed by atoms with Crippen LogP contribution in [0.25, 0.3) is 0 Å². The molecular weight excluding hydrogens is 198 g/mol. The van der Waals surface area contributed by atoms with E-state index in [1.807, 2.05) is 23.0 Å². The highest BCUT2D eigenvalue weighted by Gasteiger charge is 2.08. The molecule has 0 saturated heterocycles. The van der Waals surface area contributed by atoms with Crippen LogP contribution >= 0.6 is 0 Å². The molecular formula is C13H23N3. The number of nitrogens with zero attached hydrogens (tertiary/aromatic N) is 2. The Hall–Kier alpha value is -1.25. The first-order valence-corrected chi connectivity index (χ1v) is 6.21. The van der Waals surface area contributed by atoms with Crippen LogP contribution in [-0.4, -0.2) is 15.8 Å². The summed E-state index contributed by atoms with van der Waals surface area (Å²) in [5.74, 6) is 1.14. The molecule has 0 aliphatic carbocycles. The molecule has 0 radical (unpaired) electrons. The normalized spacial score (nSPS) is 12.4. The van der Waals surface area contributed by atoms with Gasteiger partial charge in [0.2, 0.25) is 0 Å². The molecule has 0 aliphatic heterocycles. The molecule has 0 bridgehead atoms. The van der Waals surface area contributed by atoms with Crippen molar-refractivity contribution in [3.05, 3.63) is 24.9 Å². The third kappa shape index (κ3) is 3.72. The van der Waals surface area contributed by atoms with Gasteiger partial charge in [0.05, 0.1) is 6.20 Å². The van der Waals surface area contributed by atoms with E-state index in [9.17, 15) is 0 Å². The highest BCUT2D eigenvalue weighted by atomic mass is 15.3. The molecule has 1 heterocycles. The van der Waals surface area contributed by atoms with E-state index in [1.54, 1.807) is 0 Å². The first-order valence-electron chi connectivity index (χ1n) is 6.21. The monoisotopic (exact) mass is 221 g/mol. The van der Waals surface area contributed by atoms with Gasteiger partial charge in [-0.3, -0.25) is 0 Å². The minimum absolute atomic E-state index is 0.519. The van der Waals surface area contributed by atoms with Crippen LogP contribution < -0.4 is 5.32 Å². The van der Waals surface area contributed by atoms with Crippen molar-refractivity contribution < 1.29 is 0 Å². The molecule has 0 amide bonds. The minimum Gasteiger partial charge on any atom is -0.368 e. The zero-order valence-corrected chi connectivity index (χ0v) is 10.4. The molecule has 0 aliphatic rings. The fourth-order valence-electron chi connectivity index (χ4n) is 1.75. The third-order valence-corrected chi connectivity index (χ3v) is 2.72. The van der Waals surface area contributed by atoms with Crippen molar-refractivity contribution in [1.29, 1.82) is 0 Å². The van der Waals surface area contributed by atoms with Gasteiger partial charge < -0.3 is 5.32 Å². The van der Waals surface area contributed by atoms with Crippen LogP contribution in [0.5, 0.6) is 0 Å². The van der Waals surface area contributed by atoms with Crippen LogP contribution in [0.3, 0.4) is 0 Å². The Bertz CT molecular complexity index is 304. The van der Waals surface area contributed by atoms with Gasteiger partial charge in [0.1, 0.15) is 5.82 Å². The van der Waals surface area contributed by atoms with E-state index in [4.69, 9.17) is 0 Å². The predicted octanol–water partition coefficient (Wildman–Crippen LogP) is 3.45. The number of rotatable bonds is 8.